The molecule has 0 aromatic carbocycles. The molecule has 0 bridgehead atoms. The zero-order valence-corrected chi connectivity index (χ0v) is 17.1. The van der Waals surface area contributed by atoms with Gasteiger partial charge in [0, 0.05) is 50.0 Å². The molecule has 2 N–H and O–H groups in total. The van der Waals surface area contributed by atoms with Crippen LogP contribution in [0.25, 0.3) is 0 Å². The lowest BCUT2D eigenvalue weighted by Crippen LogP contribution is -2.47. The number of carbonyl (C=O) groups is 1. The van der Waals surface area contributed by atoms with Gasteiger partial charge in [-0.15, -0.1) is 0 Å². The van der Waals surface area contributed by atoms with Crippen LogP contribution in [0.2, 0.25) is 0 Å². The Bertz CT molecular complexity index is 636. The van der Waals surface area contributed by atoms with Gasteiger partial charge in [0.05, 0.1) is 0 Å². The van der Waals surface area contributed by atoms with E-state index >= 15 is 0 Å². The van der Waals surface area contributed by atoms with Crippen LogP contribution in [0.3, 0.4) is 0 Å². The molecule has 1 amide bonds. The summed E-state index contributed by atoms with van der Waals surface area (Å²) in [7, 11) is 0. The van der Waals surface area contributed by atoms with Crippen molar-refractivity contribution in [2.45, 2.75) is 52.1 Å². The Morgan fingerprint density at radius 1 is 1.30 bits per heavy atom. The molecule has 2 fully saturated rings. The third-order valence-corrected chi connectivity index (χ3v) is 5.97. The van der Waals surface area contributed by atoms with Crippen LogP contribution < -0.4 is 10.6 Å². The van der Waals surface area contributed by atoms with E-state index in [4.69, 9.17) is 4.52 Å². The van der Waals surface area contributed by atoms with Crippen LogP contribution in [0.15, 0.2) is 9.52 Å². The van der Waals surface area contributed by atoms with Crippen molar-refractivity contribution in [1.82, 2.24) is 25.7 Å². The lowest BCUT2D eigenvalue weighted by atomic mass is 9.85. The van der Waals surface area contributed by atoms with Crippen molar-refractivity contribution in [3.63, 3.8) is 0 Å². The first kappa shape index (κ1) is 20.0. The molecular weight excluding hydrogens is 364 g/mol. The van der Waals surface area contributed by atoms with Crippen molar-refractivity contribution in [3.8, 4) is 0 Å². The molecule has 9 heteroatoms. The molecule has 27 heavy (non-hydrogen) atoms. The highest BCUT2D eigenvalue weighted by molar-refractivity contribution is 7.99. The number of aliphatic imine (C=N–C) groups is 1. The van der Waals surface area contributed by atoms with Crippen LogP contribution >= 0.6 is 11.8 Å². The van der Waals surface area contributed by atoms with Crippen molar-refractivity contribution in [2.75, 3.05) is 31.1 Å². The maximum absolute atomic E-state index is 12.7. The van der Waals surface area contributed by atoms with E-state index in [-0.39, 0.29) is 5.92 Å². The number of carbonyl (C=O) groups excluding carboxylic acids is 1. The van der Waals surface area contributed by atoms with E-state index in [0.717, 1.165) is 62.8 Å². The highest BCUT2D eigenvalue weighted by atomic mass is 32.2. The van der Waals surface area contributed by atoms with Gasteiger partial charge in [-0.25, -0.2) is 4.99 Å². The van der Waals surface area contributed by atoms with Gasteiger partial charge in [-0.3, -0.25) is 4.79 Å². The monoisotopic (exact) mass is 394 g/mol. The molecule has 1 saturated heterocycles. The zero-order chi connectivity index (χ0) is 19.1. The van der Waals surface area contributed by atoms with Gasteiger partial charge in [-0.1, -0.05) is 5.16 Å². The predicted octanol–water partition coefficient (Wildman–Crippen LogP) is 1.57. The van der Waals surface area contributed by atoms with Crippen molar-refractivity contribution in [1.29, 1.82) is 0 Å². The van der Waals surface area contributed by atoms with Crippen LogP contribution in [-0.2, 0) is 11.3 Å². The van der Waals surface area contributed by atoms with Gasteiger partial charge < -0.3 is 20.1 Å². The number of aromatic nitrogens is 2. The third kappa shape index (κ3) is 5.85. The first-order valence-electron chi connectivity index (χ1n) is 9.86. The maximum atomic E-state index is 12.7. The van der Waals surface area contributed by atoms with E-state index in [1.54, 1.807) is 6.92 Å². The summed E-state index contributed by atoms with van der Waals surface area (Å²) in [4.78, 5) is 23.5. The number of hydrogen-bond acceptors (Lipinski definition) is 6. The highest BCUT2D eigenvalue weighted by Gasteiger charge is 2.30. The minimum Gasteiger partial charge on any atom is -0.357 e. The average molecular weight is 395 g/mol. The Balaban J connectivity index is 1.47. The summed E-state index contributed by atoms with van der Waals surface area (Å²) in [5.41, 5.74) is 0. The number of aryl methyl sites for hydroxylation is 1. The molecule has 1 aliphatic heterocycles. The Morgan fingerprint density at radius 3 is 2.67 bits per heavy atom. The molecule has 150 valence electrons. The molecule has 2 aliphatic rings. The van der Waals surface area contributed by atoms with Crippen molar-refractivity contribution < 1.29 is 9.32 Å². The molecule has 0 atom stereocenters. The quantitative estimate of drug-likeness (QED) is 0.578. The molecule has 3 rings (SSSR count). The van der Waals surface area contributed by atoms with Gasteiger partial charge in [-0.2, -0.15) is 16.7 Å². The normalized spacial score (nSPS) is 23.9. The molecule has 2 heterocycles. The summed E-state index contributed by atoms with van der Waals surface area (Å²) < 4.78 is 4.98. The van der Waals surface area contributed by atoms with Gasteiger partial charge in [0.2, 0.25) is 11.8 Å². The number of nitrogens with one attached hydrogen (secondary N) is 2. The molecule has 1 aliphatic carbocycles. The maximum Gasteiger partial charge on any atom is 0.225 e. The van der Waals surface area contributed by atoms with E-state index in [1.165, 1.54) is 0 Å². The van der Waals surface area contributed by atoms with Crippen LogP contribution in [0, 0.1) is 12.8 Å². The smallest absolute Gasteiger partial charge is 0.225 e. The summed E-state index contributed by atoms with van der Waals surface area (Å²) in [5, 5.41) is 10.6. The average Bonchev–Trinajstić information content (AvgIpc) is 3.12. The molecule has 8 nitrogen and oxygen atoms in total. The van der Waals surface area contributed by atoms with E-state index in [1.807, 2.05) is 18.7 Å². The lowest BCUT2D eigenvalue weighted by Gasteiger charge is -2.34. The Labute approximate surface area is 164 Å². The number of guanidine groups is 1. The Kier molecular flexibility index (Phi) is 7.37. The van der Waals surface area contributed by atoms with Gasteiger partial charge >= 0.3 is 0 Å². The highest BCUT2D eigenvalue weighted by Crippen LogP contribution is 2.27. The summed E-state index contributed by atoms with van der Waals surface area (Å²) >= 11 is 1.94. The first-order chi connectivity index (χ1) is 13.2. The zero-order valence-electron chi connectivity index (χ0n) is 16.2. The molecular formula is C18H30N6O2S. The van der Waals surface area contributed by atoms with E-state index in [9.17, 15) is 4.79 Å². The molecule has 0 unspecified atom stereocenters. The first-order valence-corrected chi connectivity index (χ1v) is 11.0. The van der Waals surface area contributed by atoms with Crippen LogP contribution in [0.5, 0.6) is 0 Å². The largest absolute Gasteiger partial charge is 0.357 e. The minimum absolute atomic E-state index is 0.188. The number of nitrogens with zero attached hydrogens (tertiary/aromatic N) is 4. The lowest BCUT2D eigenvalue weighted by molar-refractivity contribution is -0.136. The Morgan fingerprint density at radius 2 is 2.04 bits per heavy atom. The summed E-state index contributed by atoms with van der Waals surface area (Å²) in [6.07, 6.45) is 3.88. The number of rotatable bonds is 5. The van der Waals surface area contributed by atoms with Crippen LogP contribution in [-0.4, -0.2) is 64.1 Å². The van der Waals surface area contributed by atoms with E-state index in [0.29, 0.717) is 30.2 Å². The van der Waals surface area contributed by atoms with Crippen molar-refractivity contribution in [3.05, 3.63) is 11.7 Å². The summed E-state index contributed by atoms with van der Waals surface area (Å²) in [6, 6.07) is 0.343. The minimum atomic E-state index is 0.188. The van der Waals surface area contributed by atoms with E-state index in [2.05, 4.69) is 30.7 Å². The molecule has 1 aromatic rings. The molecule has 0 spiro atoms. The van der Waals surface area contributed by atoms with Crippen LogP contribution in [0.4, 0.5) is 0 Å². The van der Waals surface area contributed by atoms with Gasteiger partial charge in [0.15, 0.2) is 11.8 Å². The Hall–Kier alpha value is -1.77. The molecule has 0 radical (unpaired) electrons. The van der Waals surface area contributed by atoms with Gasteiger partial charge in [0.25, 0.3) is 0 Å². The predicted molar refractivity (Wildman–Crippen MR) is 107 cm³/mol. The second-order valence-corrected chi connectivity index (χ2v) is 8.28. The molecule has 1 aromatic heterocycles. The second kappa shape index (κ2) is 9.96. The summed E-state index contributed by atoms with van der Waals surface area (Å²) in [6.45, 7) is 6.81. The standard InChI is InChI=1S/C18H30N6O2S/c1-3-19-18(20-12-16-21-13(2)26-23-16)22-15-6-4-14(5-7-15)17(25)24-8-10-27-11-9-24/h14-15H,3-12H2,1-2H3,(H2,19,20,22). The number of hydrogen-bond donors (Lipinski definition) is 2. The fraction of sp³-hybridized carbons (Fsp3) is 0.778. The van der Waals surface area contributed by atoms with Gasteiger partial charge in [-0.05, 0) is 32.6 Å². The number of amides is 1. The van der Waals surface area contributed by atoms with Gasteiger partial charge in [0.1, 0.15) is 6.54 Å². The fourth-order valence-electron chi connectivity index (χ4n) is 3.60. The third-order valence-electron chi connectivity index (χ3n) is 5.03. The van der Waals surface area contributed by atoms with Crippen molar-refractivity contribution >= 4 is 23.6 Å². The fourth-order valence-corrected chi connectivity index (χ4v) is 4.50. The SMILES string of the molecule is CCNC(=NCc1noc(C)n1)NC1CCC(C(=O)N2CCSCC2)CC1. The number of thioether (sulfide) groups is 1. The van der Waals surface area contributed by atoms with E-state index < -0.39 is 0 Å². The molecule has 1 saturated carbocycles. The van der Waals surface area contributed by atoms with Crippen molar-refractivity contribution in [2.24, 2.45) is 10.9 Å². The summed E-state index contributed by atoms with van der Waals surface area (Å²) in [5.74, 6) is 4.60. The van der Waals surface area contributed by atoms with Crippen LogP contribution in [0.1, 0.15) is 44.3 Å². The topological polar surface area (TPSA) is 95.6 Å². The second-order valence-electron chi connectivity index (χ2n) is 7.06.